The monoisotopic (exact) mass is 278 g/mol. The van der Waals surface area contributed by atoms with Crippen LogP contribution in [0.4, 0.5) is 0 Å². The first-order valence-corrected chi connectivity index (χ1v) is 6.92. The van der Waals surface area contributed by atoms with Gasteiger partial charge in [-0.25, -0.2) is 0 Å². The predicted octanol–water partition coefficient (Wildman–Crippen LogP) is 3.54. The smallest absolute Gasteiger partial charge is 0.194 e. The molecule has 2 nitrogen and oxygen atoms in total. The minimum Gasteiger partial charge on any atom is -0.497 e. The summed E-state index contributed by atoms with van der Waals surface area (Å²) in [7, 11) is 1.64. The fourth-order valence-electron chi connectivity index (χ4n) is 1.80. The van der Waals surface area contributed by atoms with Crippen molar-refractivity contribution >= 4 is 29.1 Å². The van der Waals surface area contributed by atoms with Gasteiger partial charge < -0.3 is 4.74 Å². The van der Waals surface area contributed by atoms with Gasteiger partial charge in [-0.2, -0.15) is 0 Å². The molecule has 0 saturated heterocycles. The van der Waals surface area contributed by atoms with Crippen LogP contribution in [0.1, 0.15) is 16.4 Å². The lowest BCUT2D eigenvalue weighted by atomic mass is 9.99. The molecule has 1 atom stereocenters. The van der Waals surface area contributed by atoms with Gasteiger partial charge in [0.2, 0.25) is 0 Å². The van der Waals surface area contributed by atoms with Gasteiger partial charge in [-0.1, -0.05) is 18.2 Å². The molecule has 0 spiro atoms. The molecule has 0 aliphatic carbocycles. The van der Waals surface area contributed by atoms with Crippen LogP contribution in [0.15, 0.2) is 41.8 Å². The highest BCUT2D eigenvalue weighted by molar-refractivity contribution is 7.96. The highest BCUT2D eigenvalue weighted by atomic mass is 32.1. The number of rotatable bonds is 5. The van der Waals surface area contributed by atoms with Crippen molar-refractivity contribution in [3.8, 4) is 5.75 Å². The normalized spacial score (nSPS) is 12.1. The van der Waals surface area contributed by atoms with E-state index in [2.05, 4.69) is 12.6 Å². The van der Waals surface area contributed by atoms with Gasteiger partial charge in [0.25, 0.3) is 0 Å². The van der Waals surface area contributed by atoms with Gasteiger partial charge in [0.05, 0.1) is 13.0 Å². The summed E-state index contributed by atoms with van der Waals surface area (Å²) in [4.78, 5) is 12.7. The third kappa shape index (κ3) is 3.15. The van der Waals surface area contributed by atoms with E-state index in [4.69, 9.17) is 4.74 Å². The highest BCUT2D eigenvalue weighted by Crippen LogP contribution is 2.27. The number of benzene rings is 1. The lowest BCUT2D eigenvalue weighted by Crippen LogP contribution is -2.08. The van der Waals surface area contributed by atoms with Crippen LogP contribution in [0.2, 0.25) is 0 Å². The second-order valence-corrected chi connectivity index (χ2v) is 5.38. The van der Waals surface area contributed by atoms with Crippen molar-refractivity contribution in [1.29, 1.82) is 0 Å². The first kappa shape index (κ1) is 13.2. The van der Waals surface area contributed by atoms with Crippen LogP contribution in [-0.2, 0) is 11.2 Å². The molecule has 0 aliphatic heterocycles. The topological polar surface area (TPSA) is 26.3 Å². The molecule has 0 amide bonds. The largest absolute Gasteiger partial charge is 0.497 e. The molecule has 1 unspecified atom stereocenters. The van der Waals surface area contributed by atoms with E-state index in [1.807, 2.05) is 41.8 Å². The van der Waals surface area contributed by atoms with E-state index in [9.17, 15) is 4.79 Å². The van der Waals surface area contributed by atoms with E-state index in [1.54, 1.807) is 18.4 Å². The Morgan fingerprint density at radius 2 is 2.06 bits per heavy atom. The van der Waals surface area contributed by atoms with Gasteiger partial charge in [0, 0.05) is 4.88 Å². The zero-order chi connectivity index (χ0) is 13.0. The summed E-state index contributed by atoms with van der Waals surface area (Å²) in [5, 5.41) is 1.89. The molecular formula is C14H14O2S2. The number of carbonyl (C=O) groups excluding carboxylic acids is 1. The maximum atomic E-state index is 11.6. The van der Waals surface area contributed by atoms with E-state index >= 15 is 0 Å². The molecule has 94 valence electrons. The summed E-state index contributed by atoms with van der Waals surface area (Å²) in [5.41, 5.74) is 1.11. The summed E-state index contributed by atoms with van der Waals surface area (Å²) < 4.78 is 5.11. The number of methoxy groups -OCH3 is 1. The summed E-state index contributed by atoms with van der Waals surface area (Å²) >= 11 is 5.58. The molecular weight excluding hydrogens is 264 g/mol. The molecule has 0 aliphatic rings. The number of thiophene rings is 1. The maximum Gasteiger partial charge on any atom is 0.194 e. The van der Waals surface area contributed by atoms with Crippen molar-refractivity contribution in [3.63, 3.8) is 0 Å². The second-order valence-electron chi connectivity index (χ2n) is 3.96. The Morgan fingerprint density at radius 1 is 1.33 bits per heavy atom. The Kier molecular flexibility index (Phi) is 4.44. The first-order valence-electron chi connectivity index (χ1n) is 5.60. The summed E-state index contributed by atoms with van der Waals surface area (Å²) in [5.74, 6) is 0.658. The van der Waals surface area contributed by atoms with E-state index in [-0.39, 0.29) is 11.0 Å². The quantitative estimate of drug-likeness (QED) is 0.847. The van der Waals surface area contributed by atoms with Crippen molar-refractivity contribution in [2.24, 2.45) is 0 Å². The maximum absolute atomic E-state index is 11.6. The number of ether oxygens (including phenoxy) is 1. The average Bonchev–Trinajstić information content (AvgIpc) is 2.90. The van der Waals surface area contributed by atoms with Crippen molar-refractivity contribution in [1.82, 2.24) is 0 Å². The van der Waals surface area contributed by atoms with Crippen molar-refractivity contribution < 1.29 is 9.53 Å². The van der Waals surface area contributed by atoms with E-state index in [0.29, 0.717) is 6.42 Å². The molecule has 1 aromatic carbocycles. The van der Waals surface area contributed by atoms with Gasteiger partial charge in [0.1, 0.15) is 5.75 Å². The molecule has 2 aromatic rings. The minimum atomic E-state index is -0.165. The van der Waals surface area contributed by atoms with E-state index in [0.717, 1.165) is 16.2 Å². The van der Waals surface area contributed by atoms with Crippen LogP contribution in [0.5, 0.6) is 5.75 Å². The van der Waals surface area contributed by atoms with Gasteiger partial charge in [-0.15, -0.1) is 24.0 Å². The molecule has 0 N–H and O–H groups in total. The Hall–Kier alpha value is -1.26. The summed E-state index contributed by atoms with van der Waals surface area (Å²) in [6.45, 7) is 0. The van der Waals surface area contributed by atoms with Crippen LogP contribution >= 0.6 is 24.0 Å². The SMILES string of the molecule is COc1ccc(CC(C(=O)S)c2cccs2)cc1. The number of hydrogen-bond acceptors (Lipinski definition) is 3. The van der Waals surface area contributed by atoms with E-state index in [1.165, 1.54) is 0 Å². The molecule has 0 fully saturated rings. The van der Waals surface area contributed by atoms with Crippen LogP contribution in [0.25, 0.3) is 0 Å². The highest BCUT2D eigenvalue weighted by Gasteiger charge is 2.19. The standard InChI is InChI=1S/C14H14O2S2/c1-16-11-6-4-10(5-7-11)9-12(14(15)17)13-3-2-8-18-13/h2-8,12H,9H2,1H3,(H,15,17). The Balaban J connectivity index is 2.16. The fourth-order valence-corrected chi connectivity index (χ4v) is 2.94. The Bertz CT molecular complexity index is 503. The fraction of sp³-hybridized carbons (Fsp3) is 0.214. The van der Waals surface area contributed by atoms with Crippen LogP contribution in [0.3, 0.4) is 0 Å². The average molecular weight is 278 g/mol. The van der Waals surface area contributed by atoms with Crippen molar-refractivity contribution in [2.75, 3.05) is 7.11 Å². The van der Waals surface area contributed by atoms with Gasteiger partial charge >= 0.3 is 0 Å². The molecule has 4 heteroatoms. The zero-order valence-electron chi connectivity index (χ0n) is 10.00. The van der Waals surface area contributed by atoms with Crippen LogP contribution in [0, 0.1) is 0 Å². The van der Waals surface area contributed by atoms with Crippen molar-refractivity contribution in [3.05, 3.63) is 52.2 Å². The van der Waals surface area contributed by atoms with Gasteiger partial charge in [-0.3, -0.25) is 4.79 Å². The Labute approximate surface area is 116 Å². The summed E-state index contributed by atoms with van der Waals surface area (Å²) in [6.07, 6.45) is 0.673. The summed E-state index contributed by atoms with van der Waals surface area (Å²) in [6, 6.07) is 11.7. The molecule has 1 heterocycles. The number of carbonyl (C=O) groups is 1. The number of thiol groups is 1. The molecule has 0 saturated carbocycles. The van der Waals surface area contributed by atoms with Gasteiger partial charge in [-0.05, 0) is 35.6 Å². The van der Waals surface area contributed by atoms with Gasteiger partial charge in [0.15, 0.2) is 5.12 Å². The molecule has 2 rings (SSSR count). The minimum absolute atomic E-state index is 0.0896. The van der Waals surface area contributed by atoms with Crippen LogP contribution in [-0.4, -0.2) is 12.2 Å². The zero-order valence-corrected chi connectivity index (χ0v) is 11.7. The molecule has 18 heavy (non-hydrogen) atoms. The first-order chi connectivity index (χ1) is 8.70. The molecule has 1 aromatic heterocycles. The second kappa shape index (κ2) is 6.07. The van der Waals surface area contributed by atoms with Crippen LogP contribution < -0.4 is 4.74 Å². The van der Waals surface area contributed by atoms with Crippen molar-refractivity contribution in [2.45, 2.75) is 12.3 Å². The predicted molar refractivity (Wildman–Crippen MR) is 77.8 cm³/mol. The molecule has 0 radical (unpaired) electrons. The van der Waals surface area contributed by atoms with E-state index < -0.39 is 0 Å². The molecule has 0 bridgehead atoms. The lowest BCUT2D eigenvalue weighted by Gasteiger charge is -2.11. The number of hydrogen-bond donors (Lipinski definition) is 1. The third-order valence-electron chi connectivity index (χ3n) is 2.78. The lowest BCUT2D eigenvalue weighted by molar-refractivity contribution is -0.112. The Morgan fingerprint density at radius 3 is 2.56 bits per heavy atom. The third-order valence-corrected chi connectivity index (χ3v) is 4.08.